The van der Waals surface area contributed by atoms with E-state index in [1.807, 2.05) is 25.1 Å². The lowest BCUT2D eigenvalue weighted by atomic mass is 10.3. The number of nitriles is 1. The van der Waals surface area contributed by atoms with Crippen molar-refractivity contribution in [2.45, 2.75) is 6.92 Å². The van der Waals surface area contributed by atoms with Crippen LogP contribution >= 0.6 is 0 Å². The summed E-state index contributed by atoms with van der Waals surface area (Å²) < 4.78 is 0. The van der Waals surface area contributed by atoms with Crippen LogP contribution in [-0.4, -0.2) is 15.0 Å². The fourth-order valence-corrected chi connectivity index (χ4v) is 1.21. The molecule has 68 valence electrons. The summed E-state index contributed by atoms with van der Waals surface area (Å²) in [7, 11) is 0. The third-order valence-corrected chi connectivity index (χ3v) is 1.93. The van der Waals surface area contributed by atoms with Gasteiger partial charge in [0.05, 0.1) is 5.69 Å². The van der Waals surface area contributed by atoms with E-state index in [1.54, 1.807) is 12.4 Å². The molecular formula is C10H8N4. The molecule has 0 bridgehead atoms. The monoisotopic (exact) mass is 184 g/mol. The number of nitrogens with one attached hydrogen (secondary N) is 1. The molecule has 2 aromatic rings. The summed E-state index contributed by atoms with van der Waals surface area (Å²) in [5.74, 6) is 0.687. The number of aryl methyl sites for hydroxylation is 1. The van der Waals surface area contributed by atoms with Crippen LogP contribution in [0.1, 0.15) is 11.4 Å². The molecule has 2 aromatic heterocycles. The number of pyridine rings is 1. The van der Waals surface area contributed by atoms with Gasteiger partial charge in [0.25, 0.3) is 0 Å². The first-order valence-electron chi connectivity index (χ1n) is 4.18. The summed E-state index contributed by atoms with van der Waals surface area (Å²) in [4.78, 5) is 11.2. The van der Waals surface area contributed by atoms with Crippen LogP contribution in [0.4, 0.5) is 0 Å². The summed E-state index contributed by atoms with van der Waals surface area (Å²) in [6, 6.07) is 5.75. The predicted molar refractivity (Wildman–Crippen MR) is 51.3 cm³/mol. The number of aromatic nitrogens is 3. The van der Waals surface area contributed by atoms with E-state index in [2.05, 4.69) is 15.0 Å². The highest BCUT2D eigenvalue weighted by molar-refractivity contribution is 5.55. The van der Waals surface area contributed by atoms with Gasteiger partial charge in [0.15, 0.2) is 5.69 Å². The second kappa shape index (κ2) is 3.30. The zero-order valence-electron chi connectivity index (χ0n) is 7.65. The van der Waals surface area contributed by atoms with Gasteiger partial charge in [-0.1, -0.05) is 0 Å². The van der Waals surface area contributed by atoms with Crippen molar-refractivity contribution in [2.24, 2.45) is 0 Å². The van der Waals surface area contributed by atoms with Crippen molar-refractivity contribution in [1.29, 1.82) is 5.26 Å². The first-order chi connectivity index (χ1) is 6.81. The van der Waals surface area contributed by atoms with E-state index < -0.39 is 0 Å². The Labute approximate surface area is 81.3 Å². The first-order valence-corrected chi connectivity index (χ1v) is 4.18. The molecule has 0 saturated heterocycles. The molecule has 1 N–H and O–H groups in total. The maximum atomic E-state index is 8.73. The molecule has 0 spiro atoms. The van der Waals surface area contributed by atoms with Crippen molar-refractivity contribution < 1.29 is 0 Å². The third-order valence-electron chi connectivity index (χ3n) is 1.93. The first kappa shape index (κ1) is 8.45. The Bertz CT molecular complexity index is 479. The number of hydrogen-bond acceptors (Lipinski definition) is 3. The second-order valence-corrected chi connectivity index (χ2v) is 2.91. The van der Waals surface area contributed by atoms with Crippen molar-refractivity contribution in [1.82, 2.24) is 15.0 Å². The van der Waals surface area contributed by atoms with E-state index >= 15 is 0 Å². The lowest BCUT2D eigenvalue weighted by Gasteiger charge is -1.92. The number of rotatable bonds is 1. The largest absolute Gasteiger partial charge is 0.341 e. The Morgan fingerprint density at radius 1 is 1.50 bits per heavy atom. The maximum absolute atomic E-state index is 8.73. The van der Waals surface area contributed by atoms with E-state index in [-0.39, 0.29) is 0 Å². The minimum absolute atomic E-state index is 0.434. The molecule has 0 aromatic carbocycles. The predicted octanol–water partition coefficient (Wildman–Crippen LogP) is 1.65. The summed E-state index contributed by atoms with van der Waals surface area (Å²) in [6.07, 6.45) is 3.41. The van der Waals surface area contributed by atoms with Crippen LogP contribution in [0.15, 0.2) is 24.5 Å². The Kier molecular flexibility index (Phi) is 1.99. The number of imidazole rings is 1. The van der Waals surface area contributed by atoms with Gasteiger partial charge in [0, 0.05) is 18.0 Å². The molecule has 0 amide bonds. The molecule has 0 saturated carbocycles. The summed E-state index contributed by atoms with van der Waals surface area (Å²) >= 11 is 0. The molecule has 4 heteroatoms. The SMILES string of the molecule is Cc1[nH]c(-c2cccnc2)nc1C#N. The summed E-state index contributed by atoms with van der Waals surface area (Å²) in [6.45, 7) is 1.82. The number of aromatic amines is 1. The molecule has 0 aliphatic rings. The average molecular weight is 184 g/mol. The highest BCUT2D eigenvalue weighted by atomic mass is 14.9. The van der Waals surface area contributed by atoms with Crippen molar-refractivity contribution in [2.75, 3.05) is 0 Å². The van der Waals surface area contributed by atoms with Crippen molar-refractivity contribution in [3.63, 3.8) is 0 Å². The van der Waals surface area contributed by atoms with E-state index in [4.69, 9.17) is 5.26 Å². The van der Waals surface area contributed by atoms with Gasteiger partial charge in [-0.05, 0) is 19.1 Å². The Hall–Kier alpha value is -2.15. The fraction of sp³-hybridized carbons (Fsp3) is 0.100. The molecule has 2 rings (SSSR count). The molecule has 4 nitrogen and oxygen atoms in total. The average Bonchev–Trinajstić information content (AvgIpc) is 2.61. The Morgan fingerprint density at radius 2 is 2.36 bits per heavy atom. The zero-order chi connectivity index (χ0) is 9.97. The summed E-state index contributed by atoms with van der Waals surface area (Å²) in [5, 5.41) is 8.73. The van der Waals surface area contributed by atoms with Gasteiger partial charge in [-0.15, -0.1) is 0 Å². The van der Waals surface area contributed by atoms with Crippen LogP contribution in [0.2, 0.25) is 0 Å². The minimum Gasteiger partial charge on any atom is -0.341 e. The van der Waals surface area contributed by atoms with Crippen LogP contribution in [0.3, 0.4) is 0 Å². The van der Waals surface area contributed by atoms with Gasteiger partial charge < -0.3 is 4.98 Å². The lowest BCUT2D eigenvalue weighted by molar-refractivity contribution is 1.23. The van der Waals surface area contributed by atoms with Gasteiger partial charge in [-0.25, -0.2) is 4.98 Å². The van der Waals surface area contributed by atoms with Crippen molar-refractivity contribution in [3.8, 4) is 17.5 Å². The quantitative estimate of drug-likeness (QED) is 0.732. The fourth-order valence-electron chi connectivity index (χ4n) is 1.21. The zero-order valence-corrected chi connectivity index (χ0v) is 7.65. The Balaban J connectivity index is 2.50. The number of H-pyrrole nitrogens is 1. The van der Waals surface area contributed by atoms with Crippen molar-refractivity contribution in [3.05, 3.63) is 35.9 Å². The van der Waals surface area contributed by atoms with Crippen LogP contribution < -0.4 is 0 Å². The molecule has 0 atom stereocenters. The maximum Gasteiger partial charge on any atom is 0.161 e. The highest BCUT2D eigenvalue weighted by Crippen LogP contribution is 2.15. The van der Waals surface area contributed by atoms with Gasteiger partial charge in [-0.3, -0.25) is 4.98 Å². The second-order valence-electron chi connectivity index (χ2n) is 2.91. The van der Waals surface area contributed by atoms with E-state index in [1.165, 1.54) is 0 Å². The molecule has 0 aliphatic heterocycles. The van der Waals surface area contributed by atoms with Crippen LogP contribution in [0, 0.1) is 18.3 Å². The molecule has 14 heavy (non-hydrogen) atoms. The normalized spacial score (nSPS) is 9.71. The topological polar surface area (TPSA) is 65.4 Å². The summed E-state index contributed by atoms with van der Waals surface area (Å²) in [5.41, 5.74) is 2.10. The van der Waals surface area contributed by atoms with Gasteiger partial charge in [0.1, 0.15) is 11.9 Å². The van der Waals surface area contributed by atoms with Crippen LogP contribution in [0.25, 0.3) is 11.4 Å². The van der Waals surface area contributed by atoms with Gasteiger partial charge in [-0.2, -0.15) is 5.26 Å². The van der Waals surface area contributed by atoms with Gasteiger partial charge in [0.2, 0.25) is 0 Å². The molecule has 2 heterocycles. The third kappa shape index (κ3) is 1.36. The van der Waals surface area contributed by atoms with E-state index in [0.29, 0.717) is 11.5 Å². The smallest absolute Gasteiger partial charge is 0.161 e. The molecule has 0 radical (unpaired) electrons. The van der Waals surface area contributed by atoms with Crippen LogP contribution in [0.5, 0.6) is 0 Å². The highest BCUT2D eigenvalue weighted by Gasteiger charge is 2.06. The Morgan fingerprint density at radius 3 is 2.93 bits per heavy atom. The van der Waals surface area contributed by atoms with Crippen molar-refractivity contribution >= 4 is 0 Å². The standard InChI is InChI=1S/C10H8N4/c1-7-9(5-11)14-10(13-7)8-3-2-4-12-6-8/h2-4,6H,1H3,(H,13,14). The number of nitrogens with zero attached hydrogens (tertiary/aromatic N) is 3. The van der Waals surface area contributed by atoms with E-state index in [9.17, 15) is 0 Å². The number of hydrogen-bond donors (Lipinski definition) is 1. The van der Waals surface area contributed by atoms with Crippen LogP contribution in [-0.2, 0) is 0 Å². The molecular weight excluding hydrogens is 176 g/mol. The minimum atomic E-state index is 0.434. The van der Waals surface area contributed by atoms with E-state index in [0.717, 1.165) is 11.3 Å². The molecule has 0 fully saturated rings. The van der Waals surface area contributed by atoms with Gasteiger partial charge >= 0.3 is 0 Å². The lowest BCUT2D eigenvalue weighted by Crippen LogP contribution is -1.81. The molecule has 0 unspecified atom stereocenters. The molecule has 0 aliphatic carbocycles.